The van der Waals surface area contributed by atoms with Crippen LogP contribution in [0.25, 0.3) is 11.7 Å². The Balaban J connectivity index is 1.17. The van der Waals surface area contributed by atoms with E-state index in [4.69, 9.17) is 4.98 Å². The molecule has 1 saturated heterocycles. The molecule has 0 spiro atoms. The smallest absolute Gasteiger partial charge is 0.164 e. The third kappa shape index (κ3) is 4.58. The summed E-state index contributed by atoms with van der Waals surface area (Å²) in [6.07, 6.45) is 9.63. The zero-order valence-electron chi connectivity index (χ0n) is 19.8. The first kappa shape index (κ1) is 22.3. The summed E-state index contributed by atoms with van der Waals surface area (Å²) in [5.74, 6) is 3.26. The molecule has 2 aliphatic rings. The molecule has 0 amide bonds. The maximum atomic E-state index is 5.06. The average molecular weight is 483 g/mol. The van der Waals surface area contributed by atoms with Crippen molar-refractivity contribution < 1.29 is 0 Å². The fourth-order valence-corrected chi connectivity index (χ4v) is 6.52. The van der Waals surface area contributed by atoms with Crippen LogP contribution >= 0.6 is 11.8 Å². The Morgan fingerprint density at radius 3 is 2.83 bits per heavy atom. The Kier molecular flexibility index (Phi) is 6.27. The third-order valence-electron chi connectivity index (χ3n) is 7.22. The number of hydrogen-bond acceptors (Lipinski definition) is 6. The number of thioether (sulfide) groups is 1. The van der Waals surface area contributed by atoms with Crippen molar-refractivity contribution in [3.05, 3.63) is 90.0 Å². The van der Waals surface area contributed by atoms with Gasteiger partial charge in [0, 0.05) is 65.3 Å². The van der Waals surface area contributed by atoms with E-state index in [1.165, 1.54) is 16.2 Å². The minimum Gasteiger partial charge on any atom is -0.366 e. The Labute approximate surface area is 210 Å². The van der Waals surface area contributed by atoms with Gasteiger partial charge in [0.2, 0.25) is 0 Å². The molecule has 178 valence electrons. The van der Waals surface area contributed by atoms with E-state index in [1.807, 2.05) is 40.8 Å². The zero-order valence-corrected chi connectivity index (χ0v) is 20.6. The summed E-state index contributed by atoms with van der Waals surface area (Å²) in [5, 5.41) is 8.13. The summed E-state index contributed by atoms with van der Waals surface area (Å²) in [6.45, 7) is 8.05. The topological polar surface area (TPSA) is 58.4 Å². The van der Waals surface area contributed by atoms with Gasteiger partial charge in [-0.25, -0.2) is 4.98 Å². The molecular weight excluding hydrogens is 452 g/mol. The normalized spacial score (nSPS) is 18.6. The van der Waals surface area contributed by atoms with E-state index in [0.29, 0.717) is 18.4 Å². The highest BCUT2D eigenvalue weighted by molar-refractivity contribution is 7.99. The van der Waals surface area contributed by atoms with Gasteiger partial charge in [-0.3, -0.25) is 4.98 Å². The van der Waals surface area contributed by atoms with Crippen LogP contribution in [0.2, 0.25) is 0 Å². The van der Waals surface area contributed by atoms with E-state index < -0.39 is 0 Å². The molecule has 0 bridgehead atoms. The SMILES string of the molecule is C=Cc1cnn2c(NCc3cccnc3)cc(C3CCN(CC4CSc5ccccc54)CC3)nc12. The Morgan fingerprint density at radius 1 is 1.11 bits per heavy atom. The Morgan fingerprint density at radius 2 is 2.00 bits per heavy atom. The molecule has 1 atom stereocenters. The van der Waals surface area contributed by atoms with E-state index in [2.05, 4.69) is 63.3 Å². The number of rotatable bonds is 7. The van der Waals surface area contributed by atoms with Crippen molar-refractivity contribution in [1.82, 2.24) is 24.5 Å². The van der Waals surface area contributed by atoms with Crippen molar-refractivity contribution in [2.24, 2.45) is 0 Å². The van der Waals surface area contributed by atoms with E-state index in [9.17, 15) is 0 Å². The van der Waals surface area contributed by atoms with Crippen LogP contribution in [0, 0.1) is 0 Å². The van der Waals surface area contributed by atoms with Gasteiger partial charge in [-0.15, -0.1) is 11.8 Å². The monoisotopic (exact) mass is 482 g/mol. The van der Waals surface area contributed by atoms with Gasteiger partial charge in [-0.1, -0.05) is 36.9 Å². The highest BCUT2D eigenvalue weighted by Gasteiger charge is 2.28. The fourth-order valence-electron chi connectivity index (χ4n) is 5.28. The van der Waals surface area contributed by atoms with Crippen LogP contribution in [0.15, 0.2) is 72.5 Å². The number of fused-ring (bicyclic) bond motifs is 2. The lowest BCUT2D eigenvalue weighted by molar-refractivity contribution is 0.203. The van der Waals surface area contributed by atoms with Crippen molar-refractivity contribution in [3.8, 4) is 0 Å². The second-order valence-electron chi connectivity index (χ2n) is 9.44. The molecule has 1 aromatic carbocycles. The maximum absolute atomic E-state index is 5.06. The summed E-state index contributed by atoms with van der Waals surface area (Å²) >= 11 is 2.01. The predicted octanol–water partition coefficient (Wildman–Crippen LogP) is 5.45. The van der Waals surface area contributed by atoms with Gasteiger partial charge in [0.05, 0.1) is 6.20 Å². The summed E-state index contributed by atoms with van der Waals surface area (Å²) in [6, 6.07) is 15.1. The molecule has 1 unspecified atom stereocenters. The summed E-state index contributed by atoms with van der Waals surface area (Å²) in [4.78, 5) is 13.4. The van der Waals surface area contributed by atoms with Crippen molar-refractivity contribution in [2.45, 2.75) is 36.1 Å². The van der Waals surface area contributed by atoms with Crippen LogP contribution in [0.4, 0.5) is 5.82 Å². The predicted molar refractivity (Wildman–Crippen MR) is 143 cm³/mol. The standard InChI is InChI=1S/C28H30N6S/c1-2-21-17-31-34-27(30-16-20-6-5-11-29-15-20)14-25(32-28(21)34)22-9-12-33(13-10-22)18-23-19-35-26-8-4-3-7-24(23)26/h2-8,11,14-15,17,22-23,30H,1,9-10,12-13,16,18-19H2. The van der Waals surface area contributed by atoms with E-state index in [0.717, 1.165) is 60.8 Å². The average Bonchev–Trinajstić information content (AvgIpc) is 3.52. The number of nitrogens with one attached hydrogen (secondary N) is 1. The fraction of sp³-hybridized carbons (Fsp3) is 0.321. The number of hydrogen-bond donors (Lipinski definition) is 1. The van der Waals surface area contributed by atoms with Crippen LogP contribution in [0.3, 0.4) is 0 Å². The molecular formula is C28H30N6S. The van der Waals surface area contributed by atoms with Crippen molar-refractivity contribution >= 4 is 29.3 Å². The molecule has 4 aromatic rings. The highest BCUT2D eigenvalue weighted by Crippen LogP contribution is 2.40. The highest BCUT2D eigenvalue weighted by atomic mass is 32.2. The summed E-state index contributed by atoms with van der Waals surface area (Å²) in [7, 11) is 0. The quantitative estimate of drug-likeness (QED) is 0.378. The lowest BCUT2D eigenvalue weighted by atomic mass is 9.92. The van der Waals surface area contributed by atoms with Crippen LogP contribution in [0.1, 0.15) is 47.1 Å². The minimum atomic E-state index is 0.452. The molecule has 2 aliphatic heterocycles. The molecule has 6 nitrogen and oxygen atoms in total. The zero-order chi connectivity index (χ0) is 23.6. The van der Waals surface area contributed by atoms with Crippen LogP contribution in [0.5, 0.6) is 0 Å². The minimum absolute atomic E-state index is 0.452. The van der Waals surface area contributed by atoms with Crippen LogP contribution in [-0.2, 0) is 6.54 Å². The van der Waals surface area contributed by atoms with Gasteiger partial charge in [0.25, 0.3) is 0 Å². The van der Waals surface area contributed by atoms with E-state index in [-0.39, 0.29) is 0 Å². The number of likely N-dealkylation sites (tertiary alicyclic amines) is 1. The Hall–Kier alpha value is -3.16. The van der Waals surface area contributed by atoms with Gasteiger partial charge >= 0.3 is 0 Å². The lowest BCUT2D eigenvalue weighted by Crippen LogP contribution is -2.36. The number of aromatic nitrogens is 4. The first-order chi connectivity index (χ1) is 17.3. The molecule has 5 heterocycles. The number of piperidine rings is 1. The van der Waals surface area contributed by atoms with Crippen LogP contribution < -0.4 is 5.32 Å². The van der Waals surface area contributed by atoms with E-state index >= 15 is 0 Å². The molecule has 0 radical (unpaired) electrons. The second-order valence-corrected chi connectivity index (χ2v) is 10.5. The Bertz CT molecular complexity index is 1330. The van der Waals surface area contributed by atoms with Gasteiger partial charge in [0.15, 0.2) is 5.65 Å². The number of anilines is 1. The summed E-state index contributed by atoms with van der Waals surface area (Å²) in [5.41, 5.74) is 5.65. The summed E-state index contributed by atoms with van der Waals surface area (Å²) < 4.78 is 1.89. The first-order valence-electron chi connectivity index (χ1n) is 12.4. The number of benzene rings is 1. The van der Waals surface area contributed by atoms with E-state index in [1.54, 1.807) is 6.20 Å². The molecule has 0 saturated carbocycles. The van der Waals surface area contributed by atoms with Gasteiger partial charge in [-0.2, -0.15) is 9.61 Å². The molecule has 1 N–H and O–H groups in total. The van der Waals surface area contributed by atoms with Gasteiger partial charge < -0.3 is 10.2 Å². The first-order valence-corrected chi connectivity index (χ1v) is 13.3. The van der Waals surface area contributed by atoms with Crippen LogP contribution in [-0.4, -0.2) is 49.9 Å². The van der Waals surface area contributed by atoms with Crippen molar-refractivity contribution in [1.29, 1.82) is 0 Å². The maximum Gasteiger partial charge on any atom is 0.164 e. The number of pyridine rings is 1. The van der Waals surface area contributed by atoms with Crippen molar-refractivity contribution in [2.75, 3.05) is 30.7 Å². The molecule has 1 fully saturated rings. The number of nitrogens with zero attached hydrogens (tertiary/aromatic N) is 5. The molecule has 6 rings (SSSR count). The largest absolute Gasteiger partial charge is 0.366 e. The molecule has 0 aliphatic carbocycles. The van der Waals surface area contributed by atoms with Gasteiger partial charge in [0.1, 0.15) is 5.82 Å². The molecule has 7 heteroatoms. The molecule has 3 aromatic heterocycles. The third-order valence-corrected chi connectivity index (χ3v) is 8.47. The van der Waals surface area contributed by atoms with Gasteiger partial charge in [-0.05, 0) is 49.2 Å². The molecule has 35 heavy (non-hydrogen) atoms. The second kappa shape index (κ2) is 9.84. The lowest BCUT2D eigenvalue weighted by Gasteiger charge is -2.33. The van der Waals surface area contributed by atoms with Crippen molar-refractivity contribution in [3.63, 3.8) is 0 Å².